The molecule has 1 aromatic rings. The number of hydrogen-bond acceptors (Lipinski definition) is 5. The largest absolute Gasteiger partial charge is 0.385 e. The third-order valence-electron chi connectivity index (χ3n) is 5.72. The van der Waals surface area contributed by atoms with Crippen LogP contribution in [0.25, 0.3) is 0 Å². The smallest absolute Gasteiger partial charge is 0.229 e. The minimum absolute atomic E-state index is 0.218. The standard InChI is InChI=1S/C18H27N3O3/c1-23-10-8-18(17-19-16(24-20-17)14-5-6-14)7-2-9-21(12-18)15(22)11-13-3-4-13/h13-14H,2-12H2,1H3. The number of aromatic nitrogens is 2. The number of rotatable bonds is 7. The van der Waals surface area contributed by atoms with E-state index in [-0.39, 0.29) is 5.41 Å². The third kappa shape index (κ3) is 3.34. The van der Waals surface area contributed by atoms with Crippen molar-refractivity contribution in [3.63, 3.8) is 0 Å². The first-order valence-electron chi connectivity index (χ1n) is 9.31. The highest BCUT2D eigenvalue weighted by Gasteiger charge is 2.43. The average Bonchev–Trinajstić information content (AvgIpc) is 3.54. The lowest BCUT2D eigenvalue weighted by molar-refractivity contribution is -0.134. The van der Waals surface area contributed by atoms with Gasteiger partial charge in [0.05, 0.1) is 5.41 Å². The molecule has 2 saturated carbocycles. The molecular weight excluding hydrogens is 306 g/mol. The van der Waals surface area contributed by atoms with Gasteiger partial charge in [0.1, 0.15) is 0 Å². The summed E-state index contributed by atoms with van der Waals surface area (Å²) in [6.07, 6.45) is 8.26. The van der Waals surface area contributed by atoms with Gasteiger partial charge >= 0.3 is 0 Å². The van der Waals surface area contributed by atoms with Crippen LogP contribution in [0.15, 0.2) is 4.52 Å². The van der Waals surface area contributed by atoms with Gasteiger partial charge in [0.15, 0.2) is 5.82 Å². The van der Waals surface area contributed by atoms with Crippen molar-refractivity contribution < 1.29 is 14.1 Å². The van der Waals surface area contributed by atoms with Gasteiger partial charge in [0, 0.05) is 39.1 Å². The Bertz CT molecular complexity index is 594. The lowest BCUT2D eigenvalue weighted by Crippen LogP contribution is -2.49. The highest BCUT2D eigenvalue weighted by Crippen LogP contribution is 2.42. The second-order valence-electron chi connectivity index (χ2n) is 7.82. The van der Waals surface area contributed by atoms with Gasteiger partial charge in [-0.15, -0.1) is 0 Å². The summed E-state index contributed by atoms with van der Waals surface area (Å²) in [7, 11) is 1.72. The fraction of sp³-hybridized carbons (Fsp3) is 0.833. The van der Waals surface area contributed by atoms with E-state index in [1.54, 1.807) is 7.11 Å². The van der Waals surface area contributed by atoms with E-state index in [1.807, 2.05) is 4.90 Å². The molecule has 6 nitrogen and oxygen atoms in total. The lowest BCUT2D eigenvalue weighted by Gasteiger charge is -2.41. The fourth-order valence-corrected chi connectivity index (χ4v) is 3.79. The molecule has 3 aliphatic rings. The number of amides is 1. The van der Waals surface area contributed by atoms with Crippen molar-refractivity contribution in [1.29, 1.82) is 0 Å². The second kappa shape index (κ2) is 6.47. The van der Waals surface area contributed by atoms with E-state index in [4.69, 9.17) is 14.2 Å². The van der Waals surface area contributed by atoms with Crippen LogP contribution >= 0.6 is 0 Å². The number of ether oxygens (including phenoxy) is 1. The normalized spacial score (nSPS) is 27.5. The average molecular weight is 333 g/mol. The molecule has 0 radical (unpaired) electrons. The predicted molar refractivity (Wildman–Crippen MR) is 87.6 cm³/mol. The maximum Gasteiger partial charge on any atom is 0.229 e. The quantitative estimate of drug-likeness (QED) is 0.767. The van der Waals surface area contributed by atoms with Crippen molar-refractivity contribution >= 4 is 5.91 Å². The van der Waals surface area contributed by atoms with Crippen molar-refractivity contribution in [2.45, 2.75) is 62.7 Å². The molecule has 1 unspecified atom stereocenters. The van der Waals surface area contributed by atoms with Crippen molar-refractivity contribution in [1.82, 2.24) is 15.0 Å². The van der Waals surface area contributed by atoms with Gasteiger partial charge in [-0.1, -0.05) is 5.16 Å². The summed E-state index contributed by atoms with van der Waals surface area (Å²) in [5, 5.41) is 4.31. The van der Waals surface area contributed by atoms with Crippen LogP contribution in [0.5, 0.6) is 0 Å². The summed E-state index contributed by atoms with van der Waals surface area (Å²) in [5.41, 5.74) is -0.218. The summed E-state index contributed by atoms with van der Waals surface area (Å²) in [4.78, 5) is 19.3. The van der Waals surface area contributed by atoms with Crippen LogP contribution in [-0.2, 0) is 14.9 Å². The van der Waals surface area contributed by atoms with Crippen LogP contribution in [0.1, 0.15) is 69.0 Å². The zero-order valence-electron chi connectivity index (χ0n) is 14.5. The van der Waals surface area contributed by atoms with Crippen molar-refractivity contribution in [3.05, 3.63) is 11.7 Å². The first kappa shape index (κ1) is 16.1. The molecule has 0 N–H and O–H groups in total. The molecule has 0 spiro atoms. The van der Waals surface area contributed by atoms with Crippen LogP contribution in [0, 0.1) is 5.92 Å². The van der Waals surface area contributed by atoms with Crippen LogP contribution in [-0.4, -0.2) is 47.8 Å². The number of hydrogen-bond donors (Lipinski definition) is 0. The molecule has 0 aromatic carbocycles. The van der Waals surface area contributed by atoms with Crippen LogP contribution in [0.3, 0.4) is 0 Å². The van der Waals surface area contributed by atoms with Gasteiger partial charge in [0.2, 0.25) is 11.8 Å². The van der Waals surface area contributed by atoms with Gasteiger partial charge in [0.25, 0.3) is 0 Å². The Labute approximate surface area is 142 Å². The Morgan fingerprint density at radius 3 is 2.92 bits per heavy atom. The third-order valence-corrected chi connectivity index (χ3v) is 5.72. The van der Waals surface area contributed by atoms with E-state index in [9.17, 15) is 4.79 Å². The van der Waals surface area contributed by atoms with Crippen molar-refractivity contribution in [3.8, 4) is 0 Å². The maximum atomic E-state index is 12.6. The van der Waals surface area contributed by atoms with E-state index in [0.29, 0.717) is 37.3 Å². The topological polar surface area (TPSA) is 68.5 Å². The van der Waals surface area contributed by atoms with E-state index < -0.39 is 0 Å². The van der Waals surface area contributed by atoms with Crippen LogP contribution in [0.2, 0.25) is 0 Å². The highest BCUT2D eigenvalue weighted by molar-refractivity contribution is 5.77. The summed E-state index contributed by atoms with van der Waals surface area (Å²) in [6, 6.07) is 0. The Kier molecular flexibility index (Phi) is 4.33. The van der Waals surface area contributed by atoms with E-state index in [2.05, 4.69) is 5.16 Å². The second-order valence-corrected chi connectivity index (χ2v) is 7.82. The molecule has 6 heteroatoms. The molecule has 4 rings (SSSR count). The zero-order valence-corrected chi connectivity index (χ0v) is 14.5. The van der Waals surface area contributed by atoms with E-state index in [1.165, 1.54) is 12.8 Å². The van der Waals surface area contributed by atoms with E-state index >= 15 is 0 Å². The molecular formula is C18H27N3O3. The molecule has 0 bridgehead atoms. The Morgan fingerprint density at radius 2 is 2.21 bits per heavy atom. The minimum atomic E-state index is -0.218. The Hall–Kier alpha value is -1.43. The molecule has 1 atom stereocenters. The SMILES string of the molecule is COCCC1(c2noc(C3CC3)n2)CCCN(C(=O)CC2CC2)C1. The highest BCUT2D eigenvalue weighted by atomic mass is 16.5. The van der Waals surface area contributed by atoms with Crippen LogP contribution in [0.4, 0.5) is 0 Å². The fourth-order valence-electron chi connectivity index (χ4n) is 3.79. The summed E-state index contributed by atoms with van der Waals surface area (Å²) in [5.74, 6) is 2.94. The molecule has 24 heavy (non-hydrogen) atoms. The maximum absolute atomic E-state index is 12.6. The zero-order chi connectivity index (χ0) is 16.6. The molecule has 2 heterocycles. The first-order valence-corrected chi connectivity index (χ1v) is 9.31. The monoisotopic (exact) mass is 333 g/mol. The van der Waals surface area contributed by atoms with Gasteiger partial charge in [-0.3, -0.25) is 4.79 Å². The van der Waals surface area contributed by atoms with Gasteiger partial charge < -0.3 is 14.2 Å². The van der Waals surface area contributed by atoms with Crippen molar-refractivity contribution in [2.24, 2.45) is 5.92 Å². The molecule has 2 aliphatic carbocycles. The number of piperidine rings is 1. The summed E-state index contributed by atoms with van der Waals surface area (Å²) in [6.45, 7) is 2.21. The van der Waals surface area contributed by atoms with Gasteiger partial charge in [-0.2, -0.15) is 4.98 Å². The number of carbonyl (C=O) groups is 1. The number of methoxy groups -OCH3 is 1. The van der Waals surface area contributed by atoms with Gasteiger partial charge in [-0.05, 0) is 50.9 Å². The summed E-state index contributed by atoms with van der Waals surface area (Å²) >= 11 is 0. The lowest BCUT2D eigenvalue weighted by atomic mass is 9.76. The molecule has 132 valence electrons. The number of carbonyl (C=O) groups excluding carboxylic acids is 1. The predicted octanol–water partition coefficient (Wildman–Crippen LogP) is 2.64. The van der Waals surface area contributed by atoms with Gasteiger partial charge in [-0.25, -0.2) is 0 Å². The Morgan fingerprint density at radius 1 is 1.38 bits per heavy atom. The molecule has 1 saturated heterocycles. The van der Waals surface area contributed by atoms with Crippen molar-refractivity contribution in [2.75, 3.05) is 26.8 Å². The molecule has 1 aromatic heterocycles. The first-order chi connectivity index (χ1) is 11.7. The van der Waals surface area contributed by atoms with Crippen LogP contribution < -0.4 is 0 Å². The minimum Gasteiger partial charge on any atom is -0.385 e. The molecule has 3 fully saturated rings. The number of likely N-dealkylation sites (tertiary alicyclic amines) is 1. The molecule has 1 amide bonds. The summed E-state index contributed by atoms with van der Waals surface area (Å²) < 4.78 is 10.9. The molecule has 1 aliphatic heterocycles. The Balaban J connectivity index is 1.53. The number of nitrogens with zero attached hydrogens (tertiary/aromatic N) is 3. The van der Waals surface area contributed by atoms with E-state index in [0.717, 1.165) is 50.4 Å².